The number of rotatable bonds is 5. The van der Waals surface area contributed by atoms with Crippen LogP contribution in [0.4, 0.5) is 22.0 Å². The molecule has 3 N–H and O–H groups in total. The second-order valence-electron chi connectivity index (χ2n) is 9.88. The molecule has 5 rings (SSSR count). The molecular formula is C27H27F5N4O5S. The molecule has 0 aliphatic carbocycles. The highest BCUT2D eigenvalue weighted by molar-refractivity contribution is 7.89. The number of aliphatic carboxylic acids is 1. The van der Waals surface area contributed by atoms with E-state index in [-0.39, 0.29) is 25.1 Å². The first kappa shape index (κ1) is 31.3. The number of carbonyl (C=O) groups is 1. The number of hydrogen-bond acceptors (Lipinski definition) is 7. The molecule has 2 aromatic carbocycles. The van der Waals surface area contributed by atoms with Crippen LogP contribution in [-0.4, -0.2) is 64.2 Å². The van der Waals surface area contributed by atoms with Crippen LogP contribution in [0, 0.1) is 11.6 Å². The molecule has 42 heavy (non-hydrogen) atoms. The van der Waals surface area contributed by atoms with Crippen LogP contribution in [0.3, 0.4) is 0 Å². The van der Waals surface area contributed by atoms with Crippen LogP contribution in [0.15, 0.2) is 60.8 Å². The Morgan fingerprint density at radius 1 is 1.14 bits per heavy atom. The van der Waals surface area contributed by atoms with Crippen LogP contribution in [0.5, 0.6) is 0 Å². The summed E-state index contributed by atoms with van der Waals surface area (Å²) in [7, 11) is -3.62. The third-order valence-electron chi connectivity index (χ3n) is 6.74. The topological polar surface area (TPSA) is 128 Å². The zero-order valence-corrected chi connectivity index (χ0v) is 22.9. The molecular weight excluding hydrogens is 587 g/mol. The predicted octanol–water partition coefficient (Wildman–Crippen LogP) is 3.86. The van der Waals surface area contributed by atoms with Gasteiger partial charge in [0.2, 0.25) is 0 Å². The average Bonchev–Trinajstić information content (AvgIpc) is 3.49. The maximum Gasteiger partial charge on any atom is 0.416 e. The predicted molar refractivity (Wildman–Crippen MR) is 141 cm³/mol. The van der Waals surface area contributed by atoms with Gasteiger partial charge in [-0.25, -0.2) is 22.0 Å². The highest BCUT2D eigenvalue weighted by Gasteiger charge is 2.54. The van der Waals surface area contributed by atoms with Gasteiger partial charge in [-0.05, 0) is 36.3 Å². The molecule has 0 spiro atoms. The number of benzene rings is 2. The van der Waals surface area contributed by atoms with E-state index in [2.05, 4.69) is 5.10 Å². The Morgan fingerprint density at radius 3 is 2.43 bits per heavy atom. The van der Waals surface area contributed by atoms with Crippen LogP contribution in [0.1, 0.15) is 34.9 Å². The van der Waals surface area contributed by atoms with Gasteiger partial charge in [-0.2, -0.15) is 22.4 Å². The Kier molecular flexibility index (Phi) is 9.15. The molecule has 3 heterocycles. The lowest BCUT2D eigenvalue weighted by Gasteiger charge is -2.44. The number of carboxylic acids is 1. The van der Waals surface area contributed by atoms with E-state index < -0.39 is 58.1 Å². The monoisotopic (exact) mass is 614 g/mol. The molecule has 0 bridgehead atoms. The fraction of sp³-hybridized carbons (Fsp3) is 0.333. The largest absolute Gasteiger partial charge is 0.478 e. The van der Waals surface area contributed by atoms with Gasteiger partial charge in [-0.1, -0.05) is 30.3 Å². The van der Waals surface area contributed by atoms with Gasteiger partial charge in [0, 0.05) is 48.6 Å². The van der Waals surface area contributed by atoms with Gasteiger partial charge in [0.1, 0.15) is 17.7 Å². The van der Waals surface area contributed by atoms with E-state index in [4.69, 9.17) is 15.6 Å². The highest BCUT2D eigenvalue weighted by Crippen LogP contribution is 2.42. The summed E-state index contributed by atoms with van der Waals surface area (Å²) in [5, 5.41) is 12.2. The number of nitrogens with two attached hydrogens (primary N) is 1. The van der Waals surface area contributed by atoms with Crippen molar-refractivity contribution in [1.82, 2.24) is 14.1 Å². The smallest absolute Gasteiger partial charge is 0.416 e. The Hall–Kier alpha value is -3.66. The normalized spacial score (nSPS) is 22.9. The SMILES string of the molecule is CS(=O)(=O)n1cc2c(n1)CN([C@@H]1C[C@H](N)[C@@H](c3cc(F)ccc3F)O[C@@H]1C(F)(F)F)C2.O=C(O)C=Cc1ccccc1. The van der Waals surface area contributed by atoms with E-state index in [0.29, 0.717) is 11.3 Å². The maximum absolute atomic E-state index is 14.2. The fourth-order valence-electron chi connectivity index (χ4n) is 4.84. The zero-order chi connectivity index (χ0) is 30.8. The van der Waals surface area contributed by atoms with Crippen LogP contribution < -0.4 is 5.73 Å². The van der Waals surface area contributed by atoms with Crippen molar-refractivity contribution in [1.29, 1.82) is 0 Å². The van der Waals surface area contributed by atoms with Gasteiger partial charge >= 0.3 is 12.1 Å². The quantitative estimate of drug-likeness (QED) is 0.328. The Bertz CT molecular complexity index is 1540. The fourth-order valence-corrected chi connectivity index (χ4v) is 5.40. The summed E-state index contributed by atoms with van der Waals surface area (Å²) >= 11 is 0. The van der Waals surface area contributed by atoms with Gasteiger partial charge in [-0.3, -0.25) is 4.90 Å². The van der Waals surface area contributed by atoms with Gasteiger partial charge in [0.25, 0.3) is 10.0 Å². The number of ether oxygens (including phenoxy) is 1. The molecule has 2 aliphatic rings. The second kappa shape index (κ2) is 12.3. The minimum Gasteiger partial charge on any atom is -0.478 e. The standard InChI is InChI=1S/C18H19F5N4O3S.C9H8O2/c1-31(28,29)27-7-9-6-26(8-14(9)25-27)15-5-13(24)16(30-17(15)18(21,22)23)11-4-10(19)2-3-12(11)20;10-9(11)7-6-8-4-2-1-3-5-8/h2-4,7,13,15-17H,5-6,8,24H2,1H3;1-7H,(H,10,11)/t13-,15+,16+,17-;/m0./s1. The molecule has 1 saturated heterocycles. The molecule has 1 aromatic heterocycles. The molecule has 1 fully saturated rings. The van der Waals surface area contributed by atoms with Crippen LogP contribution in [0.25, 0.3) is 6.08 Å². The summed E-state index contributed by atoms with van der Waals surface area (Å²) < 4.78 is 98.6. The van der Waals surface area contributed by atoms with Gasteiger partial charge in [0.05, 0.1) is 11.9 Å². The third-order valence-corrected chi connectivity index (χ3v) is 7.61. The van der Waals surface area contributed by atoms with E-state index in [0.717, 1.165) is 40.2 Å². The van der Waals surface area contributed by atoms with E-state index in [1.54, 1.807) is 6.08 Å². The van der Waals surface area contributed by atoms with E-state index >= 15 is 0 Å². The summed E-state index contributed by atoms with van der Waals surface area (Å²) in [6, 6.07) is 9.53. The molecule has 9 nitrogen and oxygen atoms in total. The molecule has 0 unspecified atom stereocenters. The summed E-state index contributed by atoms with van der Waals surface area (Å²) in [6.07, 6.45) is -3.85. The number of aromatic nitrogens is 2. The average molecular weight is 615 g/mol. The van der Waals surface area contributed by atoms with Crippen molar-refractivity contribution in [3.05, 3.63) is 94.8 Å². The zero-order valence-electron chi connectivity index (χ0n) is 22.1. The highest BCUT2D eigenvalue weighted by atomic mass is 32.2. The van der Waals surface area contributed by atoms with Crippen LogP contribution in [0.2, 0.25) is 0 Å². The van der Waals surface area contributed by atoms with Crippen molar-refractivity contribution >= 4 is 22.1 Å². The van der Waals surface area contributed by atoms with Crippen LogP contribution in [-0.2, 0) is 32.6 Å². The number of alkyl halides is 3. The number of halogens is 5. The second-order valence-corrected chi connectivity index (χ2v) is 11.7. The first-order valence-corrected chi connectivity index (χ1v) is 14.4. The van der Waals surface area contributed by atoms with Crippen molar-refractivity contribution in [3.63, 3.8) is 0 Å². The van der Waals surface area contributed by atoms with Gasteiger partial charge < -0.3 is 15.6 Å². The number of fused-ring (bicyclic) bond motifs is 1. The lowest BCUT2D eigenvalue weighted by atomic mass is 9.89. The van der Waals surface area contributed by atoms with Crippen molar-refractivity contribution in [2.75, 3.05) is 6.26 Å². The van der Waals surface area contributed by atoms with Gasteiger partial charge in [0.15, 0.2) is 6.10 Å². The first-order valence-electron chi connectivity index (χ1n) is 12.5. The van der Waals surface area contributed by atoms with Crippen molar-refractivity contribution < 1.29 is 45.0 Å². The Labute approximate surface area is 238 Å². The number of carboxylic acid groups (broad SMARTS) is 1. The summed E-state index contributed by atoms with van der Waals surface area (Å²) in [5.41, 5.74) is 7.41. The summed E-state index contributed by atoms with van der Waals surface area (Å²) in [5.74, 6) is -2.64. The van der Waals surface area contributed by atoms with Crippen molar-refractivity contribution in [2.24, 2.45) is 5.73 Å². The third kappa shape index (κ3) is 7.40. The molecule has 4 atom stereocenters. The number of nitrogens with zero attached hydrogens (tertiary/aromatic N) is 3. The molecule has 226 valence electrons. The minimum absolute atomic E-state index is 0.0236. The first-order chi connectivity index (χ1) is 19.6. The maximum atomic E-state index is 14.2. The number of hydrogen-bond donors (Lipinski definition) is 2. The summed E-state index contributed by atoms with van der Waals surface area (Å²) in [6.45, 7) is 0.00134. The molecule has 0 saturated carbocycles. The Morgan fingerprint density at radius 2 is 1.83 bits per heavy atom. The van der Waals surface area contributed by atoms with Crippen molar-refractivity contribution in [2.45, 2.75) is 50.0 Å². The summed E-state index contributed by atoms with van der Waals surface area (Å²) in [4.78, 5) is 11.5. The van der Waals surface area contributed by atoms with Gasteiger partial charge in [-0.15, -0.1) is 0 Å². The molecule has 0 amide bonds. The molecule has 0 radical (unpaired) electrons. The van der Waals surface area contributed by atoms with Crippen LogP contribution >= 0.6 is 0 Å². The van der Waals surface area contributed by atoms with E-state index in [1.165, 1.54) is 11.1 Å². The minimum atomic E-state index is -4.79. The molecule has 3 aromatic rings. The molecule has 15 heteroatoms. The Balaban J connectivity index is 0.000000310. The lowest BCUT2D eigenvalue weighted by Crippen LogP contribution is -2.58. The molecule has 2 aliphatic heterocycles. The van der Waals surface area contributed by atoms with Crippen molar-refractivity contribution in [3.8, 4) is 0 Å². The lowest BCUT2D eigenvalue weighted by molar-refractivity contribution is -0.269. The van der Waals surface area contributed by atoms with E-state index in [9.17, 15) is 35.2 Å². The van der Waals surface area contributed by atoms with E-state index in [1.807, 2.05) is 30.3 Å².